The van der Waals surface area contributed by atoms with Gasteiger partial charge in [0.05, 0.1) is 0 Å². The fourth-order valence-electron chi connectivity index (χ4n) is 3.58. The van der Waals surface area contributed by atoms with Crippen LogP contribution >= 0.6 is 0 Å². The summed E-state index contributed by atoms with van der Waals surface area (Å²) in [6, 6.07) is 6.92. The van der Waals surface area contributed by atoms with Crippen LogP contribution in [-0.2, 0) is 6.42 Å². The third kappa shape index (κ3) is 2.23. The van der Waals surface area contributed by atoms with Gasteiger partial charge in [-0.25, -0.2) is 0 Å². The lowest BCUT2D eigenvalue weighted by atomic mass is 9.70. The number of aromatic nitrogens is 1. The zero-order valence-corrected chi connectivity index (χ0v) is 14.2. The Morgan fingerprint density at radius 3 is 2.48 bits per heavy atom. The molecule has 21 heavy (non-hydrogen) atoms. The number of nitrogens with one attached hydrogen (secondary N) is 1. The molecular weight excluding hydrogens is 254 g/mol. The Kier molecular flexibility index (Phi) is 3.27. The number of fused-ring (bicyclic) bond motifs is 3. The van der Waals surface area contributed by atoms with Gasteiger partial charge in [-0.15, -0.1) is 0 Å². The van der Waals surface area contributed by atoms with E-state index in [1.54, 1.807) is 0 Å². The highest BCUT2D eigenvalue weighted by molar-refractivity contribution is 5.95. The Bertz CT molecular complexity index is 715. The molecule has 1 atom stereocenters. The summed E-state index contributed by atoms with van der Waals surface area (Å²) in [5.74, 6) is 1.23. The quantitative estimate of drug-likeness (QED) is 0.704. The van der Waals surface area contributed by atoms with Gasteiger partial charge < -0.3 is 4.98 Å². The first-order chi connectivity index (χ1) is 9.82. The molecule has 0 radical (unpaired) electrons. The second-order valence-corrected chi connectivity index (χ2v) is 7.60. The molecule has 1 heteroatoms. The summed E-state index contributed by atoms with van der Waals surface area (Å²) in [6.45, 7) is 13.8. The van der Waals surface area contributed by atoms with Crippen LogP contribution in [0.2, 0.25) is 0 Å². The first-order valence-corrected chi connectivity index (χ1v) is 8.16. The molecule has 3 rings (SSSR count). The van der Waals surface area contributed by atoms with Gasteiger partial charge in [0.25, 0.3) is 0 Å². The largest absolute Gasteiger partial charge is 0.358 e. The molecule has 1 aliphatic rings. The lowest BCUT2D eigenvalue weighted by Gasteiger charge is -2.34. The van der Waals surface area contributed by atoms with Crippen LogP contribution in [0.1, 0.15) is 64.3 Å². The van der Waals surface area contributed by atoms with Crippen LogP contribution in [0, 0.1) is 11.3 Å². The maximum atomic E-state index is 3.71. The van der Waals surface area contributed by atoms with Crippen molar-refractivity contribution in [3.63, 3.8) is 0 Å². The van der Waals surface area contributed by atoms with Crippen LogP contribution in [-0.4, -0.2) is 4.98 Å². The van der Waals surface area contributed by atoms with Crippen molar-refractivity contribution in [3.05, 3.63) is 41.1 Å². The van der Waals surface area contributed by atoms with Crippen LogP contribution in [0.25, 0.3) is 16.5 Å². The number of H-pyrrole nitrogens is 1. The minimum atomic E-state index is 0.263. The van der Waals surface area contributed by atoms with Gasteiger partial charge in [0.2, 0.25) is 0 Å². The van der Waals surface area contributed by atoms with E-state index in [2.05, 4.69) is 70.8 Å². The molecular formula is C20H27N. The van der Waals surface area contributed by atoms with Crippen molar-refractivity contribution >= 4 is 16.5 Å². The lowest BCUT2D eigenvalue weighted by molar-refractivity contribution is 0.291. The number of aromatic amines is 1. The van der Waals surface area contributed by atoms with Crippen LogP contribution in [0.5, 0.6) is 0 Å². The molecule has 112 valence electrons. The van der Waals surface area contributed by atoms with Crippen molar-refractivity contribution in [1.82, 2.24) is 4.98 Å². The van der Waals surface area contributed by atoms with E-state index in [0.717, 1.165) is 6.42 Å². The lowest BCUT2D eigenvalue weighted by Crippen LogP contribution is -2.27. The molecule has 1 aromatic heterocycles. The Morgan fingerprint density at radius 2 is 1.86 bits per heavy atom. The second-order valence-electron chi connectivity index (χ2n) is 7.60. The van der Waals surface area contributed by atoms with Crippen LogP contribution in [0.15, 0.2) is 24.3 Å². The zero-order chi connectivity index (χ0) is 15.4. The fourth-order valence-corrected chi connectivity index (χ4v) is 3.58. The second kappa shape index (κ2) is 4.76. The van der Waals surface area contributed by atoms with Gasteiger partial charge in [0.15, 0.2) is 0 Å². The van der Waals surface area contributed by atoms with E-state index in [1.807, 2.05) is 0 Å². The molecule has 1 aromatic carbocycles. The average Bonchev–Trinajstić information content (AvgIpc) is 2.74. The van der Waals surface area contributed by atoms with Crippen molar-refractivity contribution < 1.29 is 0 Å². The summed E-state index contributed by atoms with van der Waals surface area (Å²) < 4.78 is 0. The van der Waals surface area contributed by atoms with E-state index in [1.165, 1.54) is 33.3 Å². The van der Waals surface area contributed by atoms with Crippen molar-refractivity contribution in [3.8, 4) is 0 Å². The first kappa shape index (κ1) is 14.4. The van der Waals surface area contributed by atoms with Gasteiger partial charge >= 0.3 is 0 Å². The van der Waals surface area contributed by atoms with Gasteiger partial charge in [0.1, 0.15) is 0 Å². The summed E-state index contributed by atoms with van der Waals surface area (Å²) in [7, 11) is 0. The predicted molar refractivity (Wildman–Crippen MR) is 92.7 cm³/mol. The standard InChI is InChI=1S/C20H27N/c1-12(2)15-7-8-16-17(9-15)21-18-11-20(6,13(3)4)10-14(5)19(16)18/h7-10,12-13,21H,11H2,1-6H3. The molecule has 0 bridgehead atoms. The highest BCUT2D eigenvalue weighted by Gasteiger charge is 2.32. The molecule has 1 aliphatic carbocycles. The molecule has 1 heterocycles. The number of hydrogen-bond acceptors (Lipinski definition) is 0. The van der Waals surface area contributed by atoms with Gasteiger partial charge in [0, 0.05) is 22.2 Å². The van der Waals surface area contributed by atoms with E-state index in [-0.39, 0.29) is 5.41 Å². The van der Waals surface area contributed by atoms with Crippen LogP contribution in [0.4, 0.5) is 0 Å². The Morgan fingerprint density at radius 1 is 1.14 bits per heavy atom. The van der Waals surface area contributed by atoms with Crippen molar-refractivity contribution in [1.29, 1.82) is 0 Å². The summed E-state index contributed by atoms with van der Waals surface area (Å²) in [4.78, 5) is 3.71. The minimum absolute atomic E-state index is 0.263. The molecule has 0 saturated heterocycles. The summed E-state index contributed by atoms with van der Waals surface area (Å²) >= 11 is 0. The normalized spacial score (nSPS) is 22.0. The summed E-state index contributed by atoms with van der Waals surface area (Å²) in [5, 5.41) is 1.38. The third-order valence-electron chi connectivity index (χ3n) is 5.38. The predicted octanol–water partition coefficient (Wildman–Crippen LogP) is 5.91. The summed E-state index contributed by atoms with van der Waals surface area (Å²) in [6.07, 6.45) is 3.60. The monoisotopic (exact) mass is 281 g/mol. The van der Waals surface area contributed by atoms with Gasteiger partial charge in [-0.3, -0.25) is 0 Å². The molecule has 0 fully saturated rings. The SMILES string of the molecule is CC1=CC(C)(C(C)C)Cc2[nH]c3cc(C(C)C)ccc3c21. The van der Waals surface area contributed by atoms with E-state index >= 15 is 0 Å². The molecule has 2 aromatic rings. The fraction of sp³-hybridized carbons (Fsp3) is 0.500. The first-order valence-electron chi connectivity index (χ1n) is 8.16. The topological polar surface area (TPSA) is 15.8 Å². The molecule has 0 aliphatic heterocycles. The highest BCUT2D eigenvalue weighted by atomic mass is 14.7. The van der Waals surface area contributed by atoms with Crippen LogP contribution < -0.4 is 0 Å². The van der Waals surface area contributed by atoms with E-state index < -0.39 is 0 Å². The Labute approximate surface area is 128 Å². The Balaban J connectivity index is 2.17. The molecule has 0 saturated carbocycles. The zero-order valence-electron chi connectivity index (χ0n) is 14.2. The van der Waals surface area contributed by atoms with E-state index in [4.69, 9.17) is 0 Å². The molecule has 1 unspecified atom stereocenters. The number of hydrogen-bond donors (Lipinski definition) is 1. The summed E-state index contributed by atoms with van der Waals surface area (Å²) in [5.41, 5.74) is 7.26. The maximum Gasteiger partial charge on any atom is 0.0465 e. The third-order valence-corrected chi connectivity index (χ3v) is 5.38. The Hall–Kier alpha value is -1.50. The van der Waals surface area contributed by atoms with Gasteiger partial charge in [-0.2, -0.15) is 0 Å². The highest BCUT2D eigenvalue weighted by Crippen LogP contribution is 2.44. The minimum Gasteiger partial charge on any atom is -0.358 e. The van der Waals surface area contributed by atoms with Crippen LogP contribution in [0.3, 0.4) is 0 Å². The number of rotatable bonds is 2. The molecule has 1 N–H and O–H groups in total. The van der Waals surface area contributed by atoms with E-state index in [0.29, 0.717) is 11.8 Å². The van der Waals surface area contributed by atoms with Gasteiger partial charge in [-0.1, -0.05) is 52.8 Å². The number of allylic oxidation sites excluding steroid dienone is 2. The molecule has 0 spiro atoms. The average molecular weight is 281 g/mol. The molecule has 0 amide bonds. The smallest absolute Gasteiger partial charge is 0.0465 e. The maximum absolute atomic E-state index is 3.71. The van der Waals surface area contributed by atoms with Crippen molar-refractivity contribution in [2.45, 2.75) is 53.9 Å². The molecule has 1 nitrogen and oxygen atoms in total. The van der Waals surface area contributed by atoms with Crippen molar-refractivity contribution in [2.75, 3.05) is 0 Å². The van der Waals surface area contributed by atoms with Crippen molar-refractivity contribution in [2.24, 2.45) is 11.3 Å². The number of benzene rings is 1. The van der Waals surface area contributed by atoms with E-state index in [9.17, 15) is 0 Å². The van der Waals surface area contributed by atoms with Gasteiger partial charge in [-0.05, 0) is 47.8 Å².